The Morgan fingerprint density at radius 1 is 1.10 bits per heavy atom. The summed E-state index contributed by atoms with van der Waals surface area (Å²) in [5.74, 6) is -0.242. The smallest absolute Gasteiger partial charge is 0.223 e. The maximum atomic E-state index is 12.9. The maximum Gasteiger partial charge on any atom is 0.223 e. The van der Waals surface area contributed by atoms with Crippen LogP contribution in [0.3, 0.4) is 0 Å². The van der Waals surface area contributed by atoms with Gasteiger partial charge in [-0.2, -0.15) is 0 Å². The average molecular weight is 560 g/mol. The normalized spacial score (nSPS) is 41.6. The molecule has 2 unspecified atom stereocenters. The lowest BCUT2D eigenvalue weighted by atomic mass is 9.39. The fourth-order valence-corrected chi connectivity index (χ4v) is 8.90. The molecule has 3 aliphatic rings. The molecule has 5 nitrogen and oxygen atoms in total. The molecule has 0 aromatic rings. The lowest BCUT2D eigenvalue weighted by molar-refractivity contribution is -0.155. The minimum absolute atomic E-state index is 0.0328. The molecule has 0 aromatic heterocycles. The predicted octanol–water partition coefficient (Wildman–Crippen LogP) is 8.42. The highest BCUT2D eigenvalue weighted by molar-refractivity contribution is 8.14. The zero-order valence-electron chi connectivity index (χ0n) is 25.8. The van der Waals surface area contributed by atoms with Gasteiger partial charge in [0.25, 0.3) is 0 Å². The third-order valence-corrected chi connectivity index (χ3v) is 12.5. The van der Waals surface area contributed by atoms with Gasteiger partial charge in [0.15, 0.2) is 16.6 Å². The van der Waals surface area contributed by atoms with Crippen LogP contribution in [0, 0.1) is 38.9 Å². The lowest BCUT2D eigenvalue weighted by Gasteiger charge is -2.66. The van der Waals surface area contributed by atoms with Gasteiger partial charge in [-0.1, -0.05) is 79.3 Å². The van der Waals surface area contributed by atoms with E-state index < -0.39 is 5.41 Å². The summed E-state index contributed by atoms with van der Waals surface area (Å²) < 4.78 is 0. The standard InChI is InChI=1S/C33H53NO4S/c1-21(2)27(37)39-23-18-22(3)26(36)24(35)10-11-31(7)15-16-32(8)20-30(6,13-12-29(4,5)28(34)38)14-17-33(32,9)25(31)19-23/h10-11,18,21,23,25,35-36H,12-17,19-20H2,1-9H3,(H2,34,38)/b11-10+,22-18+,26-24-/t23?,25?,30-,31-,32+,33-/m1/s1. The molecular formula is C33H53NO4S. The van der Waals surface area contributed by atoms with Gasteiger partial charge in [-0.25, -0.2) is 0 Å². The van der Waals surface area contributed by atoms with E-state index in [1.165, 1.54) is 11.8 Å². The molecule has 0 saturated heterocycles. The number of carbonyl (C=O) groups excluding carboxylic acids is 2. The first kappa shape index (κ1) is 31.8. The van der Waals surface area contributed by atoms with Crippen LogP contribution in [0.2, 0.25) is 0 Å². The molecule has 0 aliphatic heterocycles. The second-order valence-electron chi connectivity index (χ2n) is 15.1. The van der Waals surface area contributed by atoms with Gasteiger partial charge < -0.3 is 15.9 Å². The molecule has 4 N–H and O–H groups in total. The fraction of sp³-hybridized carbons (Fsp3) is 0.758. The van der Waals surface area contributed by atoms with Crippen molar-refractivity contribution in [2.24, 2.45) is 44.6 Å². The second-order valence-corrected chi connectivity index (χ2v) is 16.3. The Morgan fingerprint density at radius 2 is 1.74 bits per heavy atom. The molecule has 6 atom stereocenters. The van der Waals surface area contributed by atoms with E-state index in [-0.39, 0.29) is 55.4 Å². The topological polar surface area (TPSA) is 101 Å². The Balaban J connectivity index is 2.02. The molecule has 3 aliphatic carbocycles. The lowest BCUT2D eigenvalue weighted by Crippen LogP contribution is -2.58. The van der Waals surface area contributed by atoms with E-state index in [2.05, 4.69) is 33.8 Å². The summed E-state index contributed by atoms with van der Waals surface area (Å²) in [6, 6.07) is 0. The van der Waals surface area contributed by atoms with Gasteiger partial charge in [-0.05, 0) is 97.5 Å². The van der Waals surface area contributed by atoms with Crippen LogP contribution in [0.1, 0.15) is 114 Å². The molecule has 220 valence electrons. The van der Waals surface area contributed by atoms with Crippen LogP contribution >= 0.6 is 11.8 Å². The summed E-state index contributed by atoms with van der Waals surface area (Å²) in [4.78, 5) is 24.9. The van der Waals surface area contributed by atoms with Gasteiger partial charge >= 0.3 is 0 Å². The van der Waals surface area contributed by atoms with Crippen molar-refractivity contribution >= 4 is 22.8 Å². The Morgan fingerprint density at radius 3 is 2.33 bits per heavy atom. The van der Waals surface area contributed by atoms with Crippen molar-refractivity contribution in [1.82, 2.24) is 0 Å². The third-order valence-electron chi connectivity index (χ3n) is 11.1. The Labute approximate surface area is 241 Å². The minimum atomic E-state index is -0.504. The highest BCUT2D eigenvalue weighted by Gasteiger charge is 2.61. The summed E-state index contributed by atoms with van der Waals surface area (Å²) in [6.45, 7) is 19.2. The number of allylic oxidation sites excluding steroid dienone is 3. The number of hydrogen-bond acceptors (Lipinski definition) is 5. The highest BCUT2D eigenvalue weighted by Crippen LogP contribution is 2.70. The van der Waals surface area contributed by atoms with E-state index >= 15 is 0 Å². The Bertz CT molecular complexity index is 1070. The Kier molecular flexibility index (Phi) is 8.93. The maximum absolute atomic E-state index is 12.9. The van der Waals surface area contributed by atoms with Crippen LogP contribution in [-0.4, -0.2) is 26.5 Å². The minimum Gasteiger partial charge on any atom is -0.504 e. The van der Waals surface area contributed by atoms with Crippen molar-refractivity contribution in [3.8, 4) is 0 Å². The van der Waals surface area contributed by atoms with Crippen molar-refractivity contribution in [2.75, 3.05) is 0 Å². The quantitative estimate of drug-likeness (QED) is 0.303. The van der Waals surface area contributed by atoms with Crippen LogP contribution in [0.4, 0.5) is 0 Å². The largest absolute Gasteiger partial charge is 0.504 e. The van der Waals surface area contributed by atoms with Gasteiger partial charge in [0.05, 0.1) is 0 Å². The first-order valence-electron chi connectivity index (χ1n) is 14.8. The number of nitrogens with two attached hydrogens (primary N) is 1. The number of fused-ring (bicyclic) bond motifs is 3. The molecule has 0 bridgehead atoms. The van der Waals surface area contributed by atoms with Crippen molar-refractivity contribution in [3.63, 3.8) is 0 Å². The molecule has 0 heterocycles. The van der Waals surface area contributed by atoms with Crippen LogP contribution in [0.5, 0.6) is 0 Å². The summed E-state index contributed by atoms with van der Waals surface area (Å²) in [5, 5.41) is 21.4. The van der Waals surface area contributed by atoms with Gasteiger partial charge in [-0.15, -0.1) is 0 Å². The van der Waals surface area contributed by atoms with Crippen LogP contribution < -0.4 is 5.73 Å². The number of primary amides is 1. The average Bonchev–Trinajstić information content (AvgIpc) is 2.84. The van der Waals surface area contributed by atoms with E-state index in [4.69, 9.17) is 5.73 Å². The highest BCUT2D eigenvalue weighted by atomic mass is 32.2. The van der Waals surface area contributed by atoms with E-state index in [0.717, 1.165) is 51.4 Å². The van der Waals surface area contributed by atoms with Crippen molar-refractivity contribution in [3.05, 3.63) is 35.3 Å². The molecule has 39 heavy (non-hydrogen) atoms. The van der Waals surface area contributed by atoms with Crippen LogP contribution in [0.25, 0.3) is 0 Å². The number of aliphatic hydroxyl groups excluding tert-OH is 2. The fourth-order valence-electron chi connectivity index (χ4n) is 7.77. The zero-order valence-corrected chi connectivity index (χ0v) is 26.6. The number of amides is 1. The molecule has 2 saturated carbocycles. The Hall–Kier alpha value is -1.69. The molecule has 1 amide bonds. The first-order valence-corrected chi connectivity index (χ1v) is 15.7. The van der Waals surface area contributed by atoms with E-state index in [1.807, 2.05) is 33.8 Å². The second kappa shape index (κ2) is 10.9. The van der Waals surface area contributed by atoms with Gasteiger partial charge in [-0.3, -0.25) is 9.59 Å². The number of rotatable bonds is 6. The third kappa shape index (κ3) is 6.31. The molecule has 6 heteroatoms. The first-order chi connectivity index (χ1) is 17.8. The monoisotopic (exact) mass is 559 g/mol. The molecule has 0 radical (unpaired) electrons. The van der Waals surface area contributed by atoms with E-state index in [1.54, 1.807) is 13.0 Å². The van der Waals surface area contributed by atoms with Crippen LogP contribution in [-0.2, 0) is 9.59 Å². The summed E-state index contributed by atoms with van der Waals surface area (Å²) in [6.07, 6.45) is 13.8. The van der Waals surface area contributed by atoms with Crippen molar-refractivity contribution < 1.29 is 19.8 Å². The SMILES string of the molecule is CC1=C\C(SC(=O)C(C)C)CC2[C@](C)(/C=C/C(O)=C\1O)CC[C@@]1(C)C[C@](C)(CCC(C)(C)C(N)=O)CC[C@]21C. The van der Waals surface area contributed by atoms with Gasteiger partial charge in [0.2, 0.25) is 5.91 Å². The zero-order chi connectivity index (χ0) is 29.6. The van der Waals surface area contributed by atoms with E-state index in [9.17, 15) is 19.8 Å². The van der Waals surface area contributed by atoms with Gasteiger partial charge in [0.1, 0.15) is 0 Å². The molecule has 2 fully saturated rings. The number of thioether (sulfide) groups is 1. The molecule has 0 aromatic carbocycles. The van der Waals surface area contributed by atoms with E-state index in [0.29, 0.717) is 11.5 Å². The molecule has 0 spiro atoms. The number of hydrogen-bond donors (Lipinski definition) is 3. The van der Waals surface area contributed by atoms with Gasteiger partial charge in [0, 0.05) is 16.6 Å². The van der Waals surface area contributed by atoms with Crippen LogP contribution in [0.15, 0.2) is 35.3 Å². The van der Waals surface area contributed by atoms with Crippen molar-refractivity contribution in [1.29, 1.82) is 0 Å². The predicted molar refractivity (Wildman–Crippen MR) is 162 cm³/mol. The summed E-state index contributed by atoms with van der Waals surface area (Å²) >= 11 is 1.38. The summed E-state index contributed by atoms with van der Waals surface area (Å²) in [5.41, 5.74) is 5.91. The molecule has 3 rings (SSSR count). The number of aliphatic hydroxyl groups is 2. The number of carbonyl (C=O) groups is 2. The molecular weight excluding hydrogens is 506 g/mol. The summed E-state index contributed by atoms with van der Waals surface area (Å²) in [7, 11) is 0. The van der Waals surface area contributed by atoms with Crippen molar-refractivity contribution in [2.45, 2.75) is 119 Å².